The highest BCUT2D eigenvalue weighted by Crippen LogP contribution is 2.11. The average molecular weight is 267 g/mol. The lowest BCUT2D eigenvalue weighted by molar-refractivity contribution is 0.0642. The molecule has 0 radical (unpaired) electrons. The van der Waals surface area contributed by atoms with Crippen LogP contribution in [-0.4, -0.2) is 26.4 Å². The number of rotatable bonds is 9. The van der Waals surface area contributed by atoms with Crippen LogP contribution in [0.5, 0.6) is 0 Å². The van der Waals surface area contributed by atoms with E-state index < -0.39 is 0 Å². The smallest absolute Gasteiger partial charge is 0.102 e. The van der Waals surface area contributed by atoms with Crippen LogP contribution in [-0.2, 0) is 9.47 Å². The lowest BCUT2D eigenvalue weighted by Gasteiger charge is -2.02. The molecule has 0 saturated heterocycles. The van der Waals surface area contributed by atoms with E-state index in [1.165, 1.54) is 5.57 Å². The Morgan fingerprint density at radius 1 is 1.12 bits per heavy atom. The Balaban J connectivity index is 3.44. The molecule has 0 aromatic carbocycles. The lowest BCUT2D eigenvalue weighted by Crippen LogP contribution is -2.03. The van der Waals surface area contributed by atoms with E-state index >= 15 is 0 Å². The first-order valence-electron chi connectivity index (χ1n) is 5.49. The van der Waals surface area contributed by atoms with Crippen molar-refractivity contribution in [1.82, 2.24) is 0 Å². The van der Waals surface area contributed by atoms with E-state index in [0.717, 1.165) is 19.4 Å². The van der Waals surface area contributed by atoms with Crippen molar-refractivity contribution in [3.63, 3.8) is 0 Å². The van der Waals surface area contributed by atoms with Crippen LogP contribution < -0.4 is 0 Å². The highest BCUT2D eigenvalue weighted by Gasteiger charge is 1.91. The summed E-state index contributed by atoms with van der Waals surface area (Å²) in [7, 11) is 0. The number of hydrogen-bond donors (Lipinski definition) is 0. The van der Waals surface area contributed by atoms with Crippen LogP contribution in [0.1, 0.15) is 26.7 Å². The molecule has 0 atom stereocenters. The summed E-state index contributed by atoms with van der Waals surface area (Å²) in [6, 6.07) is 0. The van der Waals surface area contributed by atoms with Gasteiger partial charge in [0.05, 0.1) is 19.8 Å². The minimum Gasteiger partial charge on any atom is -0.379 e. The summed E-state index contributed by atoms with van der Waals surface area (Å²) in [6.07, 6.45) is 5.69. The molecule has 0 aromatic rings. The van der Waals surface area contributed by atoms with E-state index in [-0.39, 0.29) is 0 Å². The lowest BCUT2D eigenvalue weighted by atomic mass is 10.1. The molecular formula is C12H20Cl2O2. The second kappa shape index (κ2) is 11.5. The van der Waals surface area contributed by atoms with Crippen molar-refractivity contribution in [1.29, 1.82) is 0 Å². The van der Waals surface area contributed by atoms with Gasteiger partial charge >= 0.3 is 0 Å². The third-order valence-corrected chi connectivity index (χ3v) is 2.27. The van der Waals surface area contributed by atoms with Gasteiger partial charge in [-0.05, 0) is 26.7 Å². The van der Waals surface area contributed by atoms with E-state index in [1.807, 2.05) is 6.92 Å². The summed E-state index contributed by atoms with van der Waals surface area (Å²) >= 11 is 11.0. The predicted molar refractivity (Wildman–Crippen MR) is 70.1 cm³/mol. The Labute approximate surface area is 108 Å². The van der Waals surface area contributed by atoms with E-state index in [0.29, 0.717) is 24.3 Å². The molecule has 0 rings (SSSR count). The molecular weight excluding hydrogens is 247 g/mol. The summed E-state index contributed by atoms with van der Waals surface area (Å²) in [4.78, 5) is 0. The van der Waals surface area contributed by atoms with Crippen LogP contribution in [0.2, 0.25) is 0 Å². The van der Waals surface area contributed by atoms with Gasteiger partial charge in [0.25, 0.3) is 0 Å². The highest BCUT2D eigenvalue weighted by atomic mass is 35.5. The summed E-state index contributed by atoms with van der Waals surface area (Å²) in [5.74, 6) is 0. The standard InChI is InChI=1S/C12H20Cl2O2/c1-3-15-9-10-16-8-7-11(2)5-4-6-12(13)14/h6-7H,3-5,8-10H2,1-2H3/b11-7+. The van der Waals surface area contributed by atoms with Crippen LogP contribution in [0.3, 0.4) is 0 Å². The van der Waals surface area contributed by atoms with Crippen molar-refractivity contribution in [3.8, 4) is 0 Å². The minimum atomic E-state index is 0.334. The van der Waals surface area contributed by atoms with Gasteiger partial charge in [0, 0.05) is 6.61 Å². The maximum Gasteiger partial charge on any atom is 0.102 e. The maximum atomic E-state index is 5.50. The third-order valence-electron chi connectivity index (χ3n) is 1.96. The van der Waals surface area contributed by atoms with E-state index in [4.69, 9.17) is 32.7 Å². The number of hydrogen-bond acceptors (Lipinski definition) is 2. The quantitative estimate of drug-likeness (QED) is 0.463. The van der Waals surface area contributed by atoms with Crippen LogP contribution in [0, 0.1) is 0 Å². The van der Waals surface area contributed by atoms with Gasteiger partial charge in [0.1, 0.15) is 4.49 Å². The second-order valence-electron chi connectivity index (χ2n) is 3.35. The fourth-order valence-corrected chi connectivity index (χ4v) is 1.28. The summed E-state index contributed by atoms with van der Waals surface area (Å²) < 4.78 is 10.8. The second-order valence-corrected chi connectivity index (χ2v) is 4.36. The van der Waals surface area contributed by atoms with Gasteiger partial charge in [0.15, 0.2) is 0 Å². The Hall–Kier alpha value is -0.0200. The molecule has 0 N–H and O–H groups in total. The van der Waals surface area contributed by atoms with Crippen molar-refractivity contribution in [2.24, 2.45) is 0 Å². The number of ether oxygens (including phenoxy) is 2. The van der Waals surface area contributed by atoms with E-state index in [1.54, 1.807) is 6.08 Å². The van der Waals surface area contributed by atoms with Crippen molar-refractivity contribution < 1.29 is 9.47 Å². The molecule has 0 fully saturated rings. The number of allylic oxidation sites excluding steroid dienone is 2. The molecule has 94 valence electrons. The molecule has 0 spiro atoms. The molecule has 2 nitrogen and oxygen atoms in total. The first-order chi connectivity index (χ1) is 7.66. The molecule has 0 aromatic heterocycles. The van der Waals surface area contributed by atoms with Gasteiger partial charge in [-0.2, -0.15) is 0 Å². The largest absolute Gasteiger partial charge is 0.379 e. The Morgan fingerprint density at radius 3 is 2.44 bits per heavy atom. The summed E-state index contributed by atoms with van der Waals surface area (Å²) in [5.41, 5.74) is 1.28. The van der Waals surface area contributed by atoms with Gasteiger partial charge in [-0.25, -0.2) is 0 Å². The van der Waals surface area contributed by atoms with Crippen LogP contribution in [0.15, 0.2) is 22.2 Å². The minimum absolute atomic E-state index is 0.334. The number of halogens is 2. The molecule has 0 unspecified atom stereocenters. The Bertz CT molecular complexity index is 221. The van der Waals surface area contributed by atoms with E-state index in [2.05, 4.69) is 13.0 Å². The van der Waals surface area contributed by atoms with E-state index in [9.17, 15) is 0 Å². The fraction of sp³-hybridized carbons (Fsp3) is 0.667. The molecule has 0 saturated carbocycles. The summed E-state index contributed by atoms with van der Waals surface area (Å²) in [6.45, 7) is 6.72. The monoisotopic (exact) mass is 266 g/mol. The molecule has 0 amide bonds. The third kappa shape index (κ3) is 12.1. The zero-order valence-electron chi connectivity index (χ0n) is 9.97. The summed E-state index contributed by atoms with van der Waals surface area (Å²) in [5, 5.41) is 0. The fourth-order valence-electron chi connectivity index (χ4n) is 1.06. The van der Waals surface area contributed by atoms with Crippen LogP contribution >= 0.6 is 23.2 Å². The molecule has 16 heavy (non-hydrogen) atoms. The maximum absolute atomic E-state index is 5.50. The molecule has 4 heteroatoms. The SMILES string of the molecule is CCOCCOC/C=C(\C)CCC=C(Cl)Cl. The highest BCUT2D eigenvalue weighted by molar-refractivity contribution is 6.55. The van der Waals surface area contributed by atoms with Crippen LogP contribution in [0.4, 0.5) is 0 Å². The Morgan fingerprint density at radius 2 is 1.81 bits per heavy atom. The predicted octanol–water partition coefficient (Wildman–Crippen LogP) is 4.09. The molecule has 0 aliphatic heterocycles. The van der Waals surface area contributed by atoms with Gasteiger partial charge < -0.3 is 9.47 Å². The van der Waals surface area contributed by atoms with Crippen molar-refractivity contribution in [2.75, 3.05) is 26.4 Å². The van der Waals surface area contributed by atoms with Crippen LogP contribution in [0.25, 0.3) is 0 Å². The average Bonchev–Trinajstić information content (AvgIpc) is 2.22. The van der Waals surface area contributed by atoms with Gasteiger partial charge in [-0.15, -0.1) is 0 Å². The first-order valence-corrected chi connectivity index (χ1v) is 6.24. The molecule has 0 aliphatic carbocycles. The topological polar surface area (TPSA) is 18.5 Å². The van der Waals surface area contributed by atoms with Gasteiger partial charge in [-0.1, -0.05) is 40.9 Å². The van der Waals surface area contributed by atoms with Crippen molar-refractivity contribution in [3.05, 3.63) is 22.2 Å². The molecule has 0 aliphatic rings. The zero-order valence-corrected chi connectivity index (χ0v) is 11.5. The van der Waals surface area contributed by atoms with Gasteiger partial charge in [0.2, 0.25) is 0 Å². The van der Waals surface area contributed by atoms with Gasteiger partial charge in [-0.3, -0.25) is 0 Å². The first kappa shape index (κ1) is 16.0. The van der Waals surface area contributed by atoms with Crippen molar-refractivity contribution >= 4 is 23.2 Å². The molecule has 0 bridgehead atoms. The zero-order chi connectivity index (χ0) is 12.2. The molecule has 0 heterocycles. The Kier molecular flexibility index (Phi) is 11.5. The normalized spacial score (nSPS) is 11.6. The van der Waals surface area contributed by atoms with Crippen molar-refractivity contribution in [2.45, 2.75) is 26.7 Å².